The van der Waals surface area contributed by atoms with Gasteiger partial charge in [-0.05, 0) is 36.3 Å². The van der Waals surface area contributed by atoms with E-state index in [4.69, 9.17) is 11.6 Å². The van der Waals surface area contributed by atoms with Crippen LogP contribution in [0.2, 0.25) is 5.15 Å². The van der Waals surface area contributed by atoms with Gasteiger partial charge in [-0.15, -0.1) is 0 Å². The summed E-state index contributed by atoms with van der Waals surface area (Å²) < 4.78 is 0. The molecule has 1 heterocycles. The molecule has 0 spiro atoms. The van der Waals surface area contributed by atoms with E-state index in [0.717, 1.165) is 6.42 Å². The lowest BCUT2D eigenvalue weighted by molar-refractivity contribution is 0.0830. The summed E-state index contributed by atoms with van der Waals surface area (Å²) in [6.07, 6.45) is 6.24. The van der Waals surface area contributed by atoms with Crippen LogP contribution in [0.15, 0.2) is 18.3 Å². The van der Waals surface area contributed by atoms with Gasteiger partial charge in [-0.3, -0.25) is 4.79 Å². The Morgan fingerprint density at radius 3 is 2.60 bits per heavy atom. The lowest BCUT2D eigenvalue weighted by Crippen LogP contribution is -2.46. The molecule has 0 aromatic carbocycles. The molecule has 2 rings (SSSR count). The zero-order valence-electron chi connectivity index (χ0n) is 12.4. The molecule has 0 bridgehead atoms. The summed E-state index contributed by atoms with van der Waals surface area (Å²) >= 11 is 5.75. The van der Waals surface area contributed by atoms with E-state index in [0.29, 0.717) is 16.6 Å². The van der Waals surface area contributed by atoms with Crippen LogP contribution in [-0.4, -0.2) is 16.9 Å². The number of nitrogens with zero attached hydrogens (tertiary/aromatic N) is 1. The van der Waals surface area contributed by atoms with E-state index in [1.807, 2.05) is 0 Å². The van der Waals surface area contributed by atoms with Crippen molar-refractivity contribution in [3.8, 4) is 0 Å². The molecule has 1 aromatic heterocycles. The van der Waals surface area contributed by atoms with Crippen molar-refractivity contribution in [2.24, 2.45) is 11.3 Å². The molecule has 1 aliphatic rings. The summed E-state index contributed by atoms with van der Waals surface area (Å²) in [5, 5.41) is 3.60. The topological polar surface area (TPSA) is 42.0 Å². The van der Waals surface area contributed by atoms with Crippen LogP contribution >= 0.6 is 11.6 Å². The van der Waals surface area contributed by atoms with Crippen LogP contribution in [0.4, 0.5) is 0 Å². The van der Waals surface area contributed by atoms with Crippen LogP contribution in [-0.2, 0) is 0 Å². The third kappa shape index (κ3) is 3.72. The Bertz CT molecular complexity index is 464. The first-order chi connectivity index (χ1) is 9.38. The Labute approximate surface area is 126 Å². The first-order valence-corrected chi connectivity index (χ1v) is 7.68. The summed E-state index contributed by atoms with van der Waals surface area (Å²) in [5.41, 5.74) is 0.795. The molecule has 1 amide bonds. The molecule has 1 saturated carbocycles. The van der Waals surface area contributed by atoms with Crippen molar-refractivity contribution in [1.29, 1.82) is 0 Å². The third-order valence-corrected chi connectivity index (χ3v) is 4.41. The monoisotopic (exact) mass is 294 g/mol. The Morgan fingerprint density at radius 1 is 1.30 bits per heavy atom. The predicted molar refractivity (Wildman–Crippen MR) is 81.9 cm³/mol. The molecule has 3 nitrogen and oxygen atoms in total. The standard InChI is InChI=1S/C16H23ClN2O/c1-16(2,3)12-6-4-5-7-13(12)19-15(20)11-8-9-14(17)18-10-11/h8-10,12-13H,4-7H2,1-3H3,(H,19,20). The fraction of sp³-hybridized carbons (Fsp3) is 0.625. The fourth-order valence-electron chi connectivity index (χ4n) is 3.10. The lowest BCUT2D eigenvalue weighted by Gasteiger charge is -2.40. The van der Waals surface area contributed by atoms with Gasteiger partial charge in [0.1, 0.15) is 5.15 Å². The Hall–Kier alpha value is -1.09. The highest BCUT2D eigenvalue weighted by Crippen LogP contribution is 2.38. The maximum atomic E-state index is 12.3. The number of halogens is 1. The van der Waals surface area contributed by atoms with Gasteiger partial charge in [0.2, 0.25) is 0 Å². The Balaban J connectivity index is 2.07. The van der Waals surface area contributed by atoms with E-state index in [-0.39, 0.29) is 17.4 Å². The Morgan fingerprint density at radius 2 is 2.00 bits per heavy atom. The van der Waals surface area contributed by atoms with Crippen molar-refractivity contribution >= 4 is 17.5 Å². The third-order valence-electron chi connectivity index (χ3n) is 4.18. The second-order valence-corrected chi connectivity index (χ2v) is 7.09. The lowest BCUT2D eigenvalue weighted by atomic mass is 9.69. The van der Waals surface area contributed by atoms with Crippen LogP contribution in [0.25, 0.3) is 0 Å². The number of carbonyl (C=O) groups is 1. The molecule has 1 fully saturated rings. The molecule has 2 atom stereocenters. The number of hydrogen-bond donors (Lipinski definition) is 1. The maximum absolute atomic E-state index is 12.3. The van der Waals surface area contributed by atoms with Gasteiger partial charge in [0, 0.05) is 12.2 Å². The van der Waals surface area contributed by atoms with Crippen molar-refractivity contribution in [3.63, 3.8) is 0 Å². The van der Waals surface area contributed by atoms with Gasteiger partial charge in [0.25, 0.3) is 5.91 Å². The van der Waals surface area contributed by atoms with Crippen molar-refractivity contribution < 1.29 is 4.79 Å². The highest BCUT2D eigenvalue weighted by Gasteiger charge is 2.34. The zero-order chi connectivity index (χ0) is 14.8. The van der Waals surface area contributed by atoms with Crippen LogP contribution in [0, 0.1) is 11.3 Å². The molecule has 1 aliphatic carbocycles. The average Bonchev–Trinajstić information content (AvgIpc) is 2.38. The molecule has 1 N–H and O–H groups in total. The number of rotatable bonds is 2. The first kappa shape index (κ1) is 15.3. The number of carbonyl (C=O) groups excluding carboxylic acids is 1. The maximum Gasteiger partial charge on any atom is 0.253 e. The van der Waals surface area contributed by atoms with E-state index in [1.165, 1.54) is 25.5 Å². The van der Waals surface area contributed by atoms with Gasteiger partial charge < -0.3 is 5.32 Å². The van der Waals surface area contributed by atoms with E-state index in [2.05, 4.69) is 31.1 Å². The van der Waals surface area contributed by atoms with Gasteiger partial charge in [-0.25, -0.2) is 4.98 Å². The van der Waals surface area contributed by atoms with Gasteiger partial charge in [-0.1, -0.05) is 45.2 Å². The number of pyridine rings is 1. The quantitative estimate of drug-likeness (QED) is 0.836. The molecular formula is C16H23ClN2O. The fourth-order valence-corrected chi connectivity index (χ4v) is 3.21. The van der Waals surface area contributed by atoms with E-state index in [9.17, 15) is 4.79 Å². The number of hydrogen-bond acceptors (Lipinski definition) is 2. The minimum absolute atomic E-state index is 0.0460. The van der Waals surface area contributed by atoms with Crippen LogP contribution < -0.4 is 5.32 Å². The molecule has 0 radical (unpaired) electrons. The van der Waals surface area contributed by atoms with E-state index >= 15 is 0 Å². The minimum atomic E-state index is -0.0460. The van der Waals surface area contributed by atoms with Gasteiger partial charge in [-0.2, -0.15) is 0 Å². The number of amides is 1. The van der Waals surface area contributed by atoms with E-state index < -0.39 is 0 Å². The highest BCUT2D eigenvalue weighted by atomic mass is 35.5. The highest BCUT2D eigenvalue weighted by molar-refractivity contribution is 6.29. The second kappa shape index (κ2) is 6.13. The minimum Gasteiger partial charge on any atom is -0.349 e. The van der Waals surface area contributed by atoms with Gasteiger partial charge in [0.05, 0.1) is 5.56 Å². The average molecular weight is 295 g/mol. The molecule has 0 saturated heterocycles. The normalized spacial score (nSPS) is 23.4. The summed E-state index contributed by atoms with van der Waals surface area (Å²) in [7, 11) is 0. The Kier molecular flexibility index (Phi) is 4.69. The molecule has 4 heteroatoms. The molecule has 2 unspecified atom stereocenters. The summed E-state index contributed by atoms with van der Waals surface area (Å²) in [6.45, 7) is 6.77. The summed E-state index contributed by atoms with van der Waals surface area (Å²) in [6, 6.07) is 3.63. The van der Waals surface area contributed by atoms with E-state index in [1.54, 1.807) is 12.1 Å². The molecule has 0 aliphatic heterocycles. The second-order valence-electron chi connectivity index (χ2n) is 6.71. The molecular weight excluding hydrogens is 272 g/mol. The van der Waals surface area contributed by atoms with Crippen LogP contribution in [0.3, 0.4) is 0 Å². The molecule has 1 aromatic rings. The van der Waals surface area contributed by atoms with Crippen molar-refractivity contribution in [2.45, 2.75) is 52.5 Å². The summed E-state index contributed by atoms with van der Waals surface area (Å²) in [4.78, 5) is 16.3. The predicted octanol–water partition coefficient (Wildman–Crippen LogP) is 4.07. The van der Waals surface area contributed by atoms with Gasteiger partial charge >= 0.3 is 0 Å². The van der Waals surface area contributed by atoms with Crippen molar-refractivity contribution in [1.82, 2.24) is 10.3 Å². The SMILES string of the molecule is CC(C)(C)C1CCCCC1NC(=O)c1ccc(Cl)nc1. The number of nitrogens with one attached hydrogen (secondary N) is 1. The van der Waals surface area contributed by atoms with Crippen molar-refractivity contribution in [2.75, 3.05) is 0 Å². The molecule has 20 heavy (non-hydrogen) atoms. The van der Waals surface area contributed by atoms with Crippen LogP contribution in [0.1, 0.15) is 56.8 Å². The number of aromatic nitrogens is 1. The van der Waals surface area contributed by atoms with Gasteiger partial charge in [0.15, 0.2) is 0 Å². The smallest absolute Gasteiger partial charge is 0.253 e. The summed E-state index contributed by atoms with van der Waals surface area (Å²) in [5.74, 6) is 0.482. The largest absolute Gasteiger partial charge is 0.349 e. The zero-order valence-corrected chi connectivity index (χ0v) is 13.2. The molecule has 110 valence electrons. The van der Waals surface area contributed by atoms with Crippen molar-refractivity contribution in [3.05, 3.63) is 29.0 Å². The van der Waals surface area contributed by atoms with Crippen LogP contribution in [0.5, 0.6) is 0 Å². The first-order valence-electron chi connectivity index (χ1n) is 7.30.